The number of carboxylic acid groups (broad SMARTS) is 1. The lowest BCUT2D eigenvalue weighted by Gasteiger charge is -2.39. The molecule has 0 aromatic heterocycles. The van der Waals surface area contributed by atoms with Gasteiger partial charge in [0.05, 0.1) is 6.10 Å². The lowest BCUT2D eigenvalue weighted by molar-refractivity contribution is -0.154. The number of likely N-dealkylation sites (tertiary alicyclic amines) is 1. The number of amides is 2. The molecule has 8 heteroatoms. The summed E-state index contributed by atoms with van der Waals surface area (Å²) in [4.78, 5) is 37.1. The fourth-order valence-electron chi connectivity index (χ4n) is 4.38. The minimum Gasteiger partial charge on any atom is -0.480 e. The number of fused-ring (bicyclic) bond motifs is 3. The number of hydrogen-bond donors (Lipinski definition) is 2. The van der Waals surface area contributed by atoms with Crippen LogP contribution in [0, 0.1) is 0 Å². The van der Waals surface area contributed by atoms with Crippen molar-refractivity contribution < 1.29 is 29.0 Å². The molecule has 0 radical (unpaired) electrons. The molecule has 1 heterocycles. The fraction of sp³-hybridized carbons (Fsp3) is 0.400. The maximum atomic E-state index is 12.5. The van der Waals surface area contributed by atoms with Gasteiger partial charge in [0.15, 0.2) is 0 Å². The number of alkyl carbamates (subject to hydrolysis) is 1. The van der Waals surface area contributed by atoms with E-state index in [2.05, 4.69) is 29.6 Å². The van der Waals surface area contributed by atoms with Gasteiger partial charge < -0.3 is 24.8 Å². The highest BCUT2D eigenvalue weighted by molar-refractivity contribution is 5.80. The lowest BCUT2D eigenvalue weighted by atomic mass is 9.98. The van der Waals surface area contributed by atoms with E-state index in [0.29, 0.717) is 19.5 Å². The van der Waals surface area contributed by atoms with Gasteiger partial charge in [-0.2, -0.15) is 0 Å². The number of hydrogen-bond acceptors (Lipinski definition) is 5. The van der Waals surface area contributed by atoms with Crippen molar-refractivity contribution in [3.63, 3.8) is 0 Å². The Kier molecular flexibility index (Phi) is 6.93. The number of aliphatic carboxylic acids is 1. The summed E-state index contributed by atoms with van der Waals surface area (Å²) in [6, 6.07) is 15.9. The van der Waals surface area contributed by atoms with Crippen LogP contribution in [-0.2, 0) is 19.1 Å². The Labute approximate surface area is 192 Å². The topological polar surface area (TPSA) is 105 Å². The van der Waals surface area contributed by atoms with Gasteiger partial charge >= 0.3 is 12.1 Å². The number of nitrogens with zero attached hydrogens (tertiary/aromatic N) is 1. The number of rotatable bonds is 9. The molecule has 4 rings (SSSR count). The van der Waals surface area contributed by atoms with E-state index in [1.165, 1.54) is 11.1 Å². The van der Waals surface area contributed by atoms with Gasteiger partial charge in [0, 0.05) is 31.5 Å². The van der Waals surface area contributed by atoms with Gasteiger partial charge in [-0.3, -0.25) is 4.79 Å². The van der Waals surface area contributed by atoms with Gasteiger partial charge in [-0.15, -0.1) is 0 Å². The first-order chi connectivity index (χ1) is 16.0. The van der Waals surface area contributed by atoms with Gasteiger partial charge in [-0.25, -0.2) is 9.59 Å². The molecule has 2 aromatic rings. The molecule has 2 amide bonds. The molecule has 2 N–H and O–H groups in total. The summed E-state index contributed by atoms with van der Waals surface area (Å²) in [7, 11) is 0. The third-order valence-electron chi connectivity index (χ3n) is 6.22. The standard InChI is InChI=1S/C25H28N2O6/c1-2-16(11-23(28)27-12-17(13-27)32-15-24(29)30)26-25(31)33-14-22-20-9-5-3-7-18(20)19-8-4-6-10-21(19)22/h3-10,16-17,22H,2,11-15H2,1H3,(H,26,31)(H,29,30)/t16-/m0/s1. The predicted molar refractivity (Wildman–Crippen MR) is 121 cm³/mol. The third kappa shape index (κ3) is 5.17. The first kappa shape index (κ1) is 22.8. The first-order valence-electron chi connectivity index (χ1n) is 11.2. The average molecular weight is 453 g/mol. The zero-order chi connectivity index (χ0) is 23.4. The van der Waals surface area contributed by atoms with Gasteiger partial charge in [0.25, 0.3) is 0 Å². The van der Waals surface area contributed by atoms with E-state index in [4.69, 9.17) is 14.6 Å². The quantitative estimate of drug-likeness (QED) is 0.606. The van der Waals surface area contributed by atoms with Crippen LogP contribution in [0.5, 0.6) is 0 Å². The van der Waals surface area contributed by atoms with E-state index in [0.717, 1.165) is 11.1 Å². The Hall–Kier alpha value is -3.39. The molecule has 2 aliphatic rings. The molecular weight excluding hydrogens is 424 g/mol. The average Bonchev–Trinajstić information content (AvgIpc) is 3.09. The van der Waals surface area contributed by atoms with Crippen LogP contribution in [0.3, 0.4) is 0 Å². The van der Waals surface area contributed by atoms with Crippen molar-refractivity contribution in [2.24, 2.45) is 0 Å². The lowest BCUT2D eigenvalue weighted by Crippen LogP contribution is -2.56. The Morgan fingerprint density at radius 3 is 2.24 bits per heavy atom. The van der Waals surface area contributed by atoms with Crippen molar-refractivity contribution in [1.29, 1.82) is 0 Å². The molecule has 0 unspecified atom stereocenters. The molecule has 1 fully saturated rings. The highest BCUT2D eigenvalue weighted by Gasteiger charge is 2.33. The van der Waals surface area contributed by atoms with Crippen LogP contribution in [-0.4, -0.2) is 66.4 Å². The van der Waals surface area contributed by atoms with Gasteiger partial charge in [0.2, 0.25) is 5.91 Å². The molecule has 2 aromatic carbocycles. The fourth-order valence-corrected chi connectivity index (χ4v) is 4.38. The molecule has 1 aliphatic heterocycles. The summed E-state index contributed by atoms with van der Waals surface area (Å²) in [6.45, 7) is 2.49. The molecule has 0 saturated carbocycles. The second-order valence-electron chi connectivity index (χ2n) is 8.40. The second kappa shape index (κ2) is 10.0. The SMILES string of the molecule is CC[C@@H](CC(=O)N1CC(OCC(=O)O)C1)NC(=O)OCC1c2ccccc2-c2ccccc21. The van der Waals surface area contributed by atoms with Gasteiger partial charge in [-0.05, 0) is 28.7 Å². The van der Waals surface area contributed by atoms with Crippen LogP contribution in [0.4, 0.5) is 4.79 Å². The van der Waals surface area contributed by atoms with Crippen molar-refractivity contribution in [3.05, 3.63) is 59.7 Å². The third-order valence-corrected chi connectivity index (χ3v) is 6.22. The van der Waals surface area contributed by atoms with E-state index in [1.54, 1.807) is 4.90 Å². The number of benzene rings is 2. The summed E-state index contributed by atoms with van der Waals surface area (Å²) >= 11 is 0. The second-order valence-corrected chi connectivity index (χ2v) is 8.40. The Bertz CT molecular complexity index is 988. The normalized spacial score (nSPS) is 15.8. The molecule has 1 saturated heterocycles. The minimum absolute atomic E-state index is 0.0197. The minimum atomic E-state index is -1.03. The molecule has 33 heavy (non-hydrogen) atoms. The summed E-state index contributed by atoms with van der Waals surface area (Å²) in [5.74, 6) is -1.15. The zero-order valence-electron chi connectivity index (χ0n) is 18.5. The van der Waals surface area contributed by atoms with Gasteiger partial charge in [-0.1, -0.05) is 55.5 Å². The molecule has 1 aliphatic carbocycles. The van der Waals surface area contributed by atoms with E-state index >= 15 is 0 Å². The van der Waals surface area contributed by atoms with Crippen molar-refractivity contribution in [2.75, 3.05) is 26.3 Å². The largest absolute Gasteiger partial charge is 0.480 e. The number of carbonyl (C=O) groups excluding carboxylic acids is 2. The van der Waals surface area contributed by atoms with Crippen molar-refractivity contribution in [3.8, 4) is 11.1 Å². The van der Waals surface area contributed by atoms with Crippen molar-refractivity contribution in [2.45, 2.75) is 37.8 Å². The van der Waals surface area contributed by atoms with Crippen molar-refractivity contribution >= 4 is 18.0 Å². The number of ether oxygens (including phenoxy) is 2. The van der Waals surface area contributed by atoms with Crippen LogP contribution in [0.2, 0.25) is 0 Å². The van der Waals surface area contributed by atoms with Crippen LogP contribution in [0.1, 0.15) is 36.8 Å². The maximum Gasteiger partial charge on any atom is 0.407 e. The van der Waals surface area contributed by atoms with E-state index in [1.807, 2.05) is 31.2 Å². The summed E-state index contributed by atoms with van der Waals surface area (Å²) in [5, 5.41) is 11.5. The molecule has 174 valence electrons. The Morgan fingerprint density at radius 1 is 1.06 bits per heavy atom. The molecular formula is C25H28N2O6. The summed E-state index contributed by atoms with van der Waals surface area (Å²) < 4.78 is 10.7. The molecule has 8 nitrogen and oxygen atoms in total. The van der Waals surface area contributed by atoms with Crippen molar-refractivity contribution in [1.82, 2.24) is 10.2 Å². The smallest absolute Gasteiger partial charge is 0.407 e. The van der Waals surface area contributed by atoms with Crippen LogP contribution in [0.25, 0.3) is 11.1 Å². The maximum absolute atomic E-state index is 12.5. The number of carbonyl (C=O) groups is 3. The zero-order valence-corrected chi connectivity index (χ0v) is 18.5. The van der Waals surface area contributed by atoms with E-state index in [9.17, 15) is 14.4 Å². The van der Waals surface area contributed by atoms with Crippen LogP contribution >= 0.6 is 0 Å². The van der Waals surface area contributed by atoms with Crippen LogP contribution in [0.15, 0.2) is 48.5 Å². The predicted octanol–water partition coefficient (Wildman–Crippen LogP) is 3.01. The highest BCUT2D eigenvalue weighted by Crippen LogP contribution is 2.44. The Balaban J connectivity index is 1.26. The monoisotopic (exact) mass is 452 g/mol. The van der Waals surface area contributed by atoms with Crippen LogP contribution < -0.4 is 5.32 Å². The van der Waals surface area contributed by atoms with E-state index in [-0.39, 0.29) is 43.6 Å². The Morgan fingerprint density at radius 2 is 1.67 bits per heavy atom. The number of nitrogens with one attached hydrogen (secondary N) is 1. The van der Waals surface area contributed by atoms with Gasteiger partial charge in [0.1, 0.15) is 13.2 Å². The first-order valence-corrected chi connectivity index (χ1v) is 11.2. The highest BCUT2D eigenvalue weighted by atomic mass is 16.5. The molecule has 0 spiro atoms. The molecule has 1 atom stereocenters. The number of carboxylic acids is 1. The summed E-state index contributed by atoms with van der Waals surface area (Å²) in [5.41, 5.74) is 4.62. The molecule has 0 bridgehead atoms. The summed E-state index contributed by atoms with van der Waals surface area (Å²) in [6.07, 6.45) is -0.0438. The van der Waals surface area contributed by atoms with E-state index < -0.39 is 12.1 Å².